The molecule has 1 aliphatic rings. The fraction of sp³-hybridized carbons (Fsp3) is 0.158. The second-order valence-electron chi connectivity index (χ2n) is 5.85. The third-order valence-corrected chi connectivity index (χ3v) is 5.09. The molecule has 0 saturated carbocycles. The van der Waals surface area contributed by atoms with E-state index >= 15 is 0 Å². The molecule has 3 heterocycles. The first-order valence-electron chi connectivity index (χ1n) is 7.90. The van der Waals surface area contributed by atoms with E-state index in [-0.39, 0.29) is 12.0 Å². The molecule has 2 aromatic heterocycles. The highest BCUT2D eigenvalue weighted by Crippen LogP contribution is 2.39. The first-order chi connectivity index (χ1) is 12.2. The lowest BCUT2D eigenvalue weighted by Gasteiger charge is -2.12. The number of hydrogen-bond donors (Lipinski definition) is 1. The zero-order chi connectivity index (χ0) is 17.2. The molecule has 0 spiro atoms. The van der Waals surface area contributed by atoms with Gasteiger partial charge in [-0.2, -0.15) is 11.3 Å². The predicted molar refractivity (Wildman–Crippen MR) is 99.5 cm³/mol. The van der Waals surface area contributed by atoms with Gasteiger partial charge >= 0.3 is 0 Å². The molecule has 1 aliphatic heterocycles. The van der Waals surface area contributed by atoms with Crippen LogP contribution in [0.5, 0.6) is 5.75 Å². The van der Waals surface area contributed by atoms with Gasteiger partial charge in [0.15, 0.2) is 0 Å². The minimum atomic E-state index is -0.155. The van der Waals surface area contributed by atoms with Gasteiger partial charge in [0.2, 0.25) is 0 Å². The van der Waals surface area contributed by atoms with Crippen LogP contribution in [0, 0.1) is 0 Å². The van der Waals surface area contributed by atoms with Crippen molar-refractivity contribution in [2.75, 3.05) is 6.54 Å². The molecular formula is C19H15ClN2O2S. The quantitative estimate of drug-likeness (QED) is 0.748. The van der Waals surface area contributed by atoms with Crippen LogP contribution in [-0.2, 0) is 6.42 Å². The van der Waals surface area contributed by atoms with Crippen LogP contribution >= 0.6 is 22.9 Å². The van der Waals surface area contributed by atoms with Crippen molar-refractivity contribution in [2.24, 2.45) is 0 Å². The Kier molecular flexibility index (Phi) is 4.42. The van der Waals surface area contributed by atoms with Gasteiger partial charge in [0.05, 0.1) is 17.1 Å². The van der Waals surface area contributed by atoms with Gasteiger partial charge in [-0.3, -0.25) is 9.78 Å². The zero-order valence-electron chi connectivity index (χ0n) is 13.2. The van der Waals surface area contributed by atoms with Crippen LogP contribution in [0.25, 0.3) is 11.1 Å². The van der Waals surface area contributed by atoms with Crippen molar-refractivity contribution in [3.8, 4) is 16.9 Å². The molecule has 4 nitrogen and oxygen atoms in total. The number of pyridine rings is 1. The predicted octanol–water partition coefficient (Wildman–Crippen LogP) is 4.20. The van der Waals surface area contributed by atoms with E-state index in [9.17, 15) is 4.79 Å². The van der Waals surface area contributed by atoms with Crippen LogP contribution in [0.1, 0.15) is 15.9 Å². The van der Waals surface area contributed by atoms with Gasteiger partial charge in [-0.25, -0.2) is 0 Å². The minimum absolute atomic E-state index is 0.120. The summed E-state index contributed by atoms with van der Waals surface area (Å²) in [6.45, 7) is 0.423. The summed E-state index contributed by atoms with van der Waals surface area (Å²) < 4.78 is 5.94. The Balaban J connectivity index is 1.44. The highest BCUT2D eigenvalue weighted by atomic mass is 35.5. The number of carbonyl (C=O) groups excluding carboxylic acids is 1. The number of fused-ring (bicyclic) bond motifs is 1. The van der Waals surface area contributed by atoms with Crippen molar-refractivity contribution >= 4 is 28.8 Å². The molecule has 25 heavy (non-hydrogen) atoms. The Morgan fingerprint density at radius 1 is 1.36 bits per heavy atom. The Morgan fingerprint density at radius 2 is 2.28 bits per heavy atom. The number of halogens is 1. The maximum absolute atomic E-state index is 12.1. The highest BCUT2D eigenvalue weighted by Gasteiger charge is 2.26. The van der Waals surface area contributed by atoms with E-state index in [0.717, 1.165) is 28.9 Å². The van der Waals surface area contributed by atoms with Gasteiger partial charge in [0.25, 0.3) is 5.91 Å². The van der Waals surface area contributed by atoms with E-state index in [1.54, 1.807) is 35.9 Å². The smallest absolute Gasteiger partial charge is 0.252 e. The topological polar surface area (TPSA) is 51.2 Å². The minimum Gasteiger partial charge on any atom is -0.486 e. The second kappa shape index (κ2) is 6.86. The number of thiophene rings is 1. The molecule has 1 amide bonds. The first-order valence-corrected chi connectivity index (χ1v) is 9.22. The summed E-state index contributed by atoms with van der Waals surface area (Å²) in [4.78, 5) is 16.1. The molecule has 1 atom stereocenters. The lowest BCUT2D eigenvalue weighted by Crippen LogP contribution is -2.34. The molecule has 1 N–H and O–H groups in total. The summed E-state index contributed by atoms with van der Waals surface area (Å²) in [6.07, 6.45) is 3.79. The highest BCUT2D eigenvalue weighted by molar-refractivity contribution is 7.08. The van der Waals surface area contributed by atoms with Gasteiger partial charge in [0, 0.05) is 24.4 Å². The summed E-state index contributed by atoms with van der Waals surface area (Å²) in [7, 11) is 0. The van der Waals surface area contributed by atoms with Crippen molar-refractivity contribution in [3.63, 3.8) is 0 Å². The fourth-order valence-electron chi connectivity index (χ4n) is 2.90. The number of nitrogens with zero attached hydrogens (tertiary/aromatic N) is 1. The molecule has 0 fully saturated rings. The number of rotatable bonds is 4. The molecule has 3 aromatic rings. The molecule has 0 saturated heterocycles. The molecule has 0 aliphatic carbocycles. The van der Waals surface area contributed by atoms with Crippen molar-refractivity contribution in [1.82, 2.24) is 10.3 Å². The summed E-state index contributed by atoms with van der Waals surface area (Å²) in [5, 5.41) is 7.64. The monoisotopic (exact) mass is 370 g/mol. The van der Waals surface area contributed by atoms with E-state index in [1.807, 2.05) is 11.4 Å². The fourth-order valence-corrected chi connectivity index (χ4v) is 3.85. The molecule has 6 heteroatoms. The molecule has 126 valence electrons. The second-order valence-corrected chi connectivity index (χ2v) is 7.04. The number of hydrogen-bond acceptors (Lipinski definition) is 4. The molecule has 0 unspecified atom stereocenters. The Labute approximate surface area is 154 Å². The van der Waals surface area contributed by atoms with Crippen LogP contribution < -0.4 is 10.1 Å². The number of ether oxygens (including phenoxy) is 1. The van der Waals surface area contributed by atoms with Gasteiger partial charge in [-0.1, -0.05) is 11.6 Å². The Morgan fingerprint density at radius 3 is 3.04 bits per heavy atom. The number of nitrogens with one attached hydrogen (secondary N) is 1. The number of aromatic nitrogens is 1. The maximum Gasteiger partial charge on any atom is 0.252 e. The van der Waals surface area contributed by atoms with E-state index in [1.165, 1.54) is 0 Å². The summed E-state index contributed by atoms with van der Waals surface area (Å²) in [6, 6.07) is 9.59. The standard InChI is InChI=1S/C19H15ClN2O2S/c20-17-8-14(13-3-5-25-11-13)6-15-7-16(24-18(15)17)10-22-19(23)12-2-1-4-21-9-12/h1-6,8-9,11,16H,7,10H2,(H,22,23)/t16-/m0/s1. The molecule has 0 radical (unpaired) electrons. The van der Waals surface area contributed by atoms with Crippen LogP contribution in [0.15, 0.2) is 53.5 Å². The number of benzene rings is 1. The summed E-state index contributed by atoms with van der Waals surface area (Å²) in [5.41, 5.74) is 3.86. The first kappa shape index (κ1) is 16.1. The average Bonchev–Trinajstić information content (AvgIpc) is 3.30. The molecular weight excluding hydrogens is 356 g/mol. The summed E-state index contributed by atoms with van der Waals surface area (Å²) >= 11 is 8.05. The van der Waals surface area contributed by atoms with Gasteiger partial charge in [-0.15, -0.1) is 0 Å². The van der Waals surface area contributed by atoms with Gasteiger partial charge in [0.1, 0.15) is 11.9 Å². The van der Waals surface area contributed by atoms with E-state index in [2.05, 4.69) is 27.8 Å². The molecule has 1 aromatic carbocycles. The van der Waals surface area contributed by atoms with Crippen molar-refractivity contribution in [2.45, 2.75) is 12.5 Å². The lowest BCUT2D eigenvalue weighted by atomic mass is 10.0. The van der Waals surface area contributed by atoms with Crippen LogP contribution in [0.4, 0.5) is 0 Å². The Hall–Kier alpha value is -2.37. The van der Waals surface area contributed by atoms with Crippen molar-refractivity contribution in [1.29, 1.82) is 0 Å². The zero-order valence-corrected chi connectivity index (χ0v) is 14.8. The maximum atomic E-state index is 12.1. The SMILES string of the molecule is O=C(NC[C@@H]1Cc2cc(-c3ccsc3)cc(Cl)c2O1)c1cccnc1. The summed E-state index contributed by atoms with van der Waals surface area (Å²) in [5.74, 6) is 0.569. The molecule has 4 rings (SSSR count). The third kappa shape index (κ3) is 3.38. The van der Waals surface area contributed by atoms with Crippen molar-refractivity contribution in [3.05, 3.63) is 69.6 Å². The Bertz CT molecular complexity index is 897. The average molecular weight is 371 g/mol. The number of amides is 1. The van der Waals surface area contributed by atoms with E-state index < -0.39 is 0 Å². The number of carbonyl (C=O) groups is 1. The largest absolute Gasteiger partial charge is 0.486 e. The third-order valence-electron chi connectivity index (χ3n) is 4.12. The van der Waals surface area contributed by atoms with Crippen LogP contribution in [0.3, 0.4) is 0 Å². The van der Waals surface area contributed by atoms with Gasteiger partial charge < -0.3 is 10.1 Å². The van der Waals surface area contributed by atoms with E-state index in [4.69, 9.17) is 16.3 Å². The lowest BCUT2D eigenvalue weighted by molar-refractivity contribution is 0.0933. The van der Waals surface area contributed by atoms with E-state index in [0.29, 0.717) is 17.1 Å². The van der Waals surface area contributed by atoms with Crippen LogP contribution in [-0.4, -0.2) is 23.5 Å². The molecule has 0 bridgehead atoms. The van der Waals surface area contributed by atoms with Crippen LogP contribution in [0.2, 0.25) is 5.02 Å². The van der Waals surface area contributed by atoms with Crippen molar-refractivity contribution < 1.29 is 9.53 Å². The normalized spacial score (nSPS) is 15.5. The van der Waals surface area contributed by atoms with Gasteiger partial charge in [-0.05, 0) is 52.2 Å².